The van der Waals surface area contributed by atoms with Crippen LogP contribution in [-0.2, 0) is 17.8 Å². The minimum Gasteiger partial charge on any atom is -0.508 e. The van der Waals surface area contributed by atoms with Gasteiger partial charge in [0.1, 0.15) is 5.75 Å². The lowest BCUT2D eigenvalue weighted by atomic mass is 10.1. The molecule has 0 saturated carbocycles. The monoisotopic (exact) mass is 275 g/mol. The van der Waals surface area contributed by atoms with E-state index in [1.807, 2.05) is 18.2 Å². The lowest BCUT2D eigenvalue weighted by molar-refractivity contribution is -0.120. The van der Waals surface area contributed by atoms with Crippen molar-refractivity contribution in [2.75, 3.05) is 0 Å². The minimum absolute atomic E-state index is 0.0642. The van der Waals surface area contributed by atoms with Crippen LogP contribution in [0.1, 0.15) is 11.1 Å². The molecule has 0 radical (unpaired) electrons. The van der Waals surface area contributed by atoms with Crippen LogP contribution in [0, 0.1) is 0 Å². The fourth-order valence-electron chi connectivity index (χ4n) is 1.71. The Labute approximate surface area is 116 Å². The van der Waals surface area contributed by atoms with E-state index in [1.165, 1.54) is 0 Å². The zero-order valence-corrected chi connectivity index (χ0v) is 11.0. The van der Waals surface area contributed by atoms with E-state index in [4.69, 9.17) is 16.7 Å². The number of hydrogen-bond acceptors (Lipinski definition) is 2. The molecule has 2 aromatic rings. The van der Waals surface area contributed by atoms with Gasteiger partial charge in [-0.1, -0.05) is 35.9 Å². The SMILES string of the molecule is O=C(Cc1ccc(O)cc1)NCc1cccc(Cl)c1. The Morgan fingerprint density at radius 1 is 1.11 bits per heavy atom. The highest BCUT2D eigenvalue weighted by Gasteiger charge is 2.03. The third-order valence-corrected chi connectivity index (χ3v) is 2.91. The predicted octanol–water partition coefficient (Wildman–Crippen LogP) is 2.90. The number of hydrogen-bond donors (Lipinski definition) is 2. The highest BCUT2D eigenvalue weighted by molar-refractivity contribution is 6.30. The molecule has 0 aliphatic rings. The van der Waals surface area contributed by atoms with Crippen LogP contribution in [0.3, 0.4) is 0 Å². The van der Waals surface area contributed by atoms with Gasteiger partial charge in [0, 0.05) is 11.6 Å². The molecule has 2 rings (SSSR count). The lowest BCUT2D eigenvalue weighted by Crippen LogP contribution is -2.24. The summed E-state index contributed by atoms with van der Waals surface area (Å²) < 4.78 is 0. The molecule has 2 N–H and O–H groups in total. The van der Waals surface area contributed by atoms with Crippen LogP contribution in [0.2, 0.25) is 5.02 Å². The zero-order valence-electron chi connectivity index (χ0n) is 10.3. The summed E-state index contributed by atoms with van der Waals surface area (Å²) in [5.74, 6) is 0.133. The van der Waals surface area contributed by atoms with Crippen molar-refractivity contribution in [2.45, 2.75) is 13.0 Å². The molecule has 2 aromatic carbocycles. The van der Waals surface area contributed by atoms with Gasteiger partial charge in [-0.05, 0) is 35.4 Å². The van der Waals surface area contributed by atoms with E-state index in [2.05, 4.69) is 5.32 Å². The summed E-state index contributed by atoms with van der Waals surface area (Å²) in [6.07, 6.45) is 0.293. The topological polar surface area (TPSA) is 49.3 Å². The van der Waals surface area contributed by atoms with Gasteiger partial charge < -0.3 is 10.4 Å². The normalized spacial score (nSPS) is 10.2. The molecule has 0 heterocycles. The van der Waals surface area contributed by atoms with Crippen molar-refractivity contribution in [3.05, 3.63) is 64.7 Å². The second-order valence-electron chi connectivity index (χ2n) is 4.25. The van der Waals surface area contributed by atoms with Crippen LogP contribution >= 0.6 is 11.6 Å². The van der Waals surface area contributed by atoms with Gasteiger partial charge in [0.2, 0.25) is 5.91 Å². The molecule has 1 amide bonds. The van der Waals surface area contributed by atoms with Crippen molar-refractivity contribution in [2.24, 2.45) is 0 Å². The summed E-state index contributed by atoms with van der Waals surface area (Å²) in [5.41, 5.74) is 1.83. The molecule has 0 aromatic heterocycles. The smallest absolute Gasteiger partial charge is 0.224 e. The van der Waals surface area contributed by atoms with Crippen LogP contribution < -0.4 is 5.32 Å². The van der Waals surface area contributed by atoms with Crippen LogP contribution in [0.15, 0.2) is 48.5 Å². The number of aromatic hydroxyl groups is 1. The Balaban J connectivity index is 1.86. The zero-order chi connectivity index (χ0) is 13.7. The van der Waals surface area contributed by atoms with Gasteiger partial charge in [0.15, 0.2) is 0 Å². The first-order valence-electron chi connectivity index (χ1n) is 5.92. The molecule has 0 bridgehead atoms. The number of benzene rings is 2. The number of carbonyl (C=O) groups is 1. The van der Waals surface area contributed by atoms with Crippen molar-refractivity contribution in [3.8, 4) is 5.75 Å². The number of amides is 1. The maximum Gasteiger partial charge on any atom is 0.224 e. The molecule has 3 nitrogen and oxygen atoms in total. The molecule has 0 fully saturated rings. The van der Waals surface area contributed by atoms with Crippen LogP contribution in [0.4, 0.5) is 0 Å². The summed E-state index contributed by atoms with van der Waals surface area (Å²) in [6, 6.07) is 14.0. The van der Waals surface area contributed by atoms with E-state index in [0.717, 1.165) is 11.1 Å². The summed E-state index contributed by atoms with van der Waals surface area (Å²) >= 11 is 5.87. The van der Waals surface area contributed by atoms with Gasteiger partial charge in [-0.25, -0.2) is 0 Å². The quantitative estimate of drug-likeness (QED) is 0.901. The largest absolute Gasteiger partial charge is 0.508 e. The second kappa shape index (κ2) is 6.25. The third kappa shape index (κ3) is 4.30. The molecule has 4 heteroatoms. The van der Waals surface area contributed by atoms with Crippen molar-refractivity contribution in [1.29, 1.82) is 0 Å². The summed E-state index contributed by atoms with van der Waals surface area (Å²) in [7, 11) is 0. The number of phenols is 1. The van der Waals surface area contributed by atoms with Gasteiger partial charge in [-0.3, -0.25) is 4.79 Å². The maximum atomic E-state index is 11.7. The van der Waals surface area contributed by atoms with E-state index in [-0.39, 0.29) is 11.7 Å². The van der Waals surface area contributed by atoms with Gasteiger partial charge >= 0.3 is 0 Å². The molecule has 0 spiro atoms. The first-order chi connectivity index (χ1) is 9.13. The summed E-state index contributed by atoms with van der Waals surface area (Å²) in [5, 5.41) is 12.6. The van der Waals surface area contributed by atoms with Crippen LogP contribution in [0.5, 0.6) is 5.75 Å². The second-order valence-corrected chi connectivity index (χ2v) is 4.69. The number of halogens is 1. The molecular weight excluding hydrogens is 262 g/mol. The Bertz CT molecular complexity index is 567. The third-order valence-electron chi connectivity index (χ3n) is 2.68. The average molecular weight is 276 g/mol. The molecule has 0 saturated heterocycles. The Hall–Kier alpha value is -2.00. The fraction of sp³-hybridized carbons (Fsp3) is 0.133. The Kier molecular flexibility index (Phi) is 4.42. The first-order valence-corrected chi connectivity index (χ1v) is 6.30. The van der Waals surface area contributed by atoms with Crippen molar-refractivity contribution >= 4 is 17.5 Å². The van der Waals surface area contributed by atoms with Gasteiger partial charge in [-0.2, -0.15) is 0 Å². The highest BCUT2D eigenvalue weighted by Crippen LogP contribution is 2.11. The van der Waals surface area contributed by atoms with Crippen molar-refractivity contribution < 1.29 is 9.90 Å². The number of carbonyl (C=O) groups excluding carboxylic acids is 1. The van der Waals surface area contributed by atoms with Crippen LogP contribution in [-0.4, -0.2) is 11.0 Å². The number of nitrogens with one attached hydrogen (secondary N) is 1. The summed E-state index contributed by atoms with van der Waals surface area (Å²) in [6.45, 7) is 0.456. The number of phenolic OH excluding ortho intramolecular Hbond substituents is 1. The predicted molar refractivity (Wildman–Crippen MR) is 75.1 cm³/mol. The van der Waals surface area contributed by atoms with E-state index < -0.39 is 0 Å². The molecule has 0 unspecified atom stereocenters. The molecule has 0 aliphatic heterocycles. The van der Waals surface area contributed by atoms with E-state index in [0.29, 0.717) is 18.0 Å². The summed E-state index contributed by atoms with van der Waals surface area (Å²) in [4.78, 5) is 11.7. The van der Waals surface area contributed by atoms with E-state index in [9.17, 15) is 4.79 Å². The van der Waals surface area contributed by atoms with Gasteiger partial charge in [-0.15, -0.1) is 0 Å². The maximum absolute atomic E-state index is 11.7. The molecular formula is C15H14ClNO2. The first kappa shape index (κ1) is 13.4. The van der Waals surface area contributed by atoms with Gasteiger partial charge in [0.05, 0.1) is 6.42 Å². The highest BCUT2D eigenvalue weighted by atomic mass is 35.5. The Morgan fingerprint density at radius 2 is 1.84 bits per heavy atom. The fourth-order valence-corrected chi connectivity index (χ4v) is 1.92. The standard InChI is InChI=1S/C15H14ClNO2/c16-13-3-1-2-12(8-13)10-17-15(19)9-11-4-6-14(18)7-5-11/h1-8,18H,9-10H2,(H,17,19). The van der Waals surface area contributed by atoms with Crippen molar-refractivity contribution in [1.82, 2.24) is 5.32 Å². The van der Waals surface area contributed by atoms with E-state index >= 15 is 0 Å². The molecule has 98 valence electrons. The molecule has 0 atom stereocenters. The Morgan fingerprint density at radius 3 is 2.53 bits per heavy atom. The van der Waals surface area contributed by atoms with Gasteiger partial charge in [0.25, 0.3) is 0 Å². The van der Waals surface area contributed by atoms with Crippen LogP contribution in [0.25, 0.3) is 0 Å². The van der Waals surface area contributed by atoms with Crippen molar-refractivity contribution in [3.63, 3.8) is 0 Å². The lowest BCUT2D eigenvalue weighted by Gasteiger charge is -2.06. The molecule has 0 aliphatic carbocycles. The minimum atomic E-state index is -0.0642. The average Bonchev–Trinajstić information content (AvgIpc) is 2.39. The number of rotatable bonds is 4. The molecule has 19 heavy (non-hydrogen) atoms. The van der Waals surface area contributed by atoms with E-state index in [1.54, 1.807) is 30.3 Å².